The molecule has 0 unspecified atom stereocenters. The fourth-order valence-corrected chi connectivity index (χ4v) is 5.32. The molecular formula is C20H18N4OS. The van der Waals surface area contributed by atoms with Crippen LogP contribution in [0.3, 0.4) is 0 Å². The molecule has 2 aromatic heterocycles. The number of nitrogens with one attached hydrogen (secondary N) is 1. The van der Waals surface area contributed by atoms with Crippen molar-refractivity contribution in [1.29, 1.82) is 0 Å². The zero-order valence-corrected chi connectivity index (χ0v) is 15.0. The number of anilines is 2. The lowest BCUT2D eigenvalue weighted by Gasteiger charge is -2.41. The van der Waals surface area contributed by atoms with Crippen LogP contribution in [0.4, 0.5) is 10.9 Å². The summed E-state index contributed by atoms with van der Waals surface area (Å²) in [4.78, 5) is 24.2. The van der Waals surface area contributed by atoms with Crippen LogP contribution in [0.5, 0.6) is 0 Å². The van der Waals surface area contributed by atoms with E-state index in [1.807, 2.05) is 29.2 Å². The van der Waals surface area contributed by atoms with Gasteiger partial charge in [0, 0.05) is 23.8 Å². The normalized spacial score (nSPS) is 25.4. The monoisotopic (exact) mass is 362 g/mol. The lowest BCUT2D eigenvalue weighted by Crippen LogP contribution is -2.52. The molecule has 0 atom stereocenters. The molecule has 2 aliphatic carbocycles. The van der Waals surface area contributed by atoms with Gasteiger partial charge >= 0.3 is 0 Å². The van der Waals surface area contributed by atoms with E-state index in [2.05, 4.69) is 27.4 Å². The van der Waals surface area contributed by atoms with Crippen molar-refractivity contribution in [1.82, 2.24) is 9.97 Å². The van der Waals surface area contributed by atoms with E-state index in [0.29, 0.717) is 6.04 Å². The van der Waals surface area contributed by atoms with E-state index < -0.39 is 0 Å². The molecule has 6 heteroatoms. The largest absolute Gasteiger partial charge is 0.359 e. The van der Waals surface area contributed by atoms with Crippen molar-refractivity contribution in [3.05, 3.63) is 48.2 Å². The highest BCUT2D eigenvalue weighted by molar-refractivity contribution is 7.22. The summed E-state index contributed by atoms with van der Waals surface area (Å²) in [6.07, 6.45) is 5.65. The highest BCUT2D eigenvalue weighted by atomic mass is 32.1. The molecule has 130 valence electrons. The Balaban J connectivity index is 1.20. The second kappa shape index (κ2) is 5.04. The van der Waals surface area contributed by atoms with Crippen molar-refractivity contribution >= 4 is 38.4 Å². The average Bonchev–Trinajstić information content (AvgIpc) is 3.27. The SMILES string of the molecule is O=C1N(C2CC(Nc3nc4ccccc4s3)C2)c2ncccc2C12CC2. The van der Waals surface area contributed by atoms with Gasteiger partial charge in [-0.15, -0.1) is 0 Å². The van der Waals surface area contributed by atoms with Gasteiger partial charge in [0.1, 0.15) is 5.82 Å². The third-order valence-electron chi connectivity index (χ3n) is 6.01. The first-order valence-corrected chi connectivity index (χ1v) is 9.97. The fourth-order valence-electron chi connectivity index (χ4n) is 4.38. The zero-order chi connectivity index (χ0) is 17.3. The highest BCUT2D eigenvalue weighted by Gasteiger charge is 2.61. The number of amides is 1. The number of benzene rings is 1. The summed E-state index contributed by atoms with van der Waals surface area (Å²) in [5.41, 5.74) is 1.95. The number of rotatable bonds is 3. The zero-order valence-electron chi connectivity index (χ0n) is 14.2. The van der Waals surface area contributed by atoms with Crippen molar-refractivity contribution in [2.75, 3.05) is 10.2 Å². The Hall–Kier alpha value is -2.47. The Morgan fingerprint density at radius 3 is 2.81 bits per heavy atom. The molecule has 1 N–H and O–H groups in total. The van der Waals surface area contributed by atoms with Crippen molar-refractivity contribution in [2.45, 2.75) is 43.2 Å². The van der Waals surface area contributed by atoms with Gasteiger partial charge in [0.25, 0.3) is 0 Å². The molecule has 3 aromatic rings. The van der Waals surface area contributed by atoms with Gasteiger partial charge in [-0.2, -0.15) is 0 Å². The lowest BCUT2D eigenvalue weighted by atomic mass is 9.85. The van der Waals surface area contributed by atoms with E-state index >= 15 is 0 Å². The molecule has 0 bridgehead atoms. The van der Waals surface area contributed by atoms with Gasteiger partial charge in [0.15, 0.2) is 5.13 Å². The van der Waals surface area contributed by atoms with Crippen LogP contribution in [0.25, 0.3) is 10.2 Å². The summed E-state index contributed by atoms with van der Waals surface area (Å²) < 4.78 is 1.20. The number of fused-ring (bicyclic) bond motifs is 3. The van der Waals surface area contributed by atoms with Gasteiger partial charge in [0.05, 0.1) is 15.6 Å². The van der Waals surface area contributed by atoms with E-state index in [-0.39, 0.29) is 17.4 Å². The third-order valence-corrected chi connectivity index (χ3v) is 6.98. The van der Waals surface area contributed by atoms with Crippen LogP contribution in [0, 0.1) is 0 Å². The molecule has 3 heterocycles. The number of para-hydroxylation sites is 1. The van der Waals surface area contributed by atoms with Crippen LogP contribution in [0.2, 0.25) is 0 Å². The third kappa shape index (κ3) is 1.93. The fraction of sp³-hybridized carbons (Fsp3) is 0.350. The van der Waals surface area contributed by atoms with Gasteiger partial charge < -0.3 is 5.32 Å². The molecule has 1 amide bonds. The first-order chi connectivity index (χ1) is 12.7. The Morgan fingerprint density at radius 2 is 2.00 bits per heavy atom. The van der Waals surface area contributed by atoms with Crippen molar-refractivity contribution < 1.29 is 4.79 Å². The second-order valence-corrected chi connectivity index (χ2v) is 8.62. The molecule has 0 radical (unpaired) electrons. The molecule has 3 aliphatic rings. The Morgan fingerprint density at radius 1 is 1.15 bits per heavy atom. The van der Waals surface area contributed by atoms with Crippen LogP contribution >= 0.6 is 11.3 Å². The second-order valence-electron chi connectivity index (χ2n) is 7.59. The van der Waals surface area contributed by atoms with E-state index in [1.54, 1.807) is 17.5 Å². The molecule has 1 spiro atoms. The van der Waals surface area contributed by atoms with Gasteiger partial charge in [-0.25, -0.2) is 9.97 Å². The van der Waals surface area contributed by atoms with E-state index in [1.165, 1.54) is 4.70 Å². The molecule has 0 saturated heterocycles. The maximum absolute atomic E-state index is 13.0. The van der Waals surface area contributed by atoms with Gasteiger partial charge in [0.2, 0.25) is 5.91 Å². The molecular weight excluding hydrogens is 344 g/mol. The molecule has 5 nitrogen and oxygen atoms in total. The molecule has 1 aromatic carbocycles. The van der Waals surface area contributed by atoms with Crippen LogP contribution in [-0.4, -0.2) is 28.0 Å². The Kier molecular flexibility index (Phi) is 2.84. The van der Waals surface area contributed by atoms with E-state index in [9.17, 15) is 4.79 Å². The predicted molar refractivity (Wildman–Crippen MR) is 103 cm³/mol. The summed E-state index contributed by atoms with van der Waals surface area (Å²) in [5.74, 6) is 1.17. The maximum atomic E-state index is 13.0. The van der Waals surface area contributed by atoms with Gasteiger partial charge in [-0.05, 0) is 43.9 Å². The number of hydrogen-bond acceptors (Lipinski definition) is 5. The van der Waals surface area contributed by atoms with E-state index in [0.717, 1.165) is 47.7 Å². The topological polar surface area (TPSA) is 58.1 Å². The van der Waals surface area contributed by atoms with Crippen LogP contribution in [0.15, 0.2) is 42.6 Å². The first-order valence-electron chi connectivity index (χ1n) is 9.16. The lowest BCUT2D eigenvalue weighted by molar-refractivity contribution is -0.121. The number of carbonyl (C=O) groups excluding carboxylic acids is 1. The molecule has 26 heavy (non-hydrogen) atoms. The number of pyridine rings is 1. The standard InChI is InChI=1S/C20H18N4OS/c25-18-20(7-8-20)14-4-3-9-21-17(14)24(18)13-10-12(11-13)22-19-23-15-5-1-2-6-16(15)26-19/h1-6,9,12-13H,7-8,10-11H2,(H,22,23). The minimum absolute atomic E-state index is 0.241. The maximum Gasteiger partial charge on any atom is 0.239 e. The highest BCUT2D eigenvalue weighted by Crippen LogP contribution is 2.58. The molecule has 6 rings (SSSR count). The van der Waals surface area contributed by atoms with Gasteiger partial charge in [-0.1, -0.05) is 29.5 Å². The quantitative estimate of drug-likeness (QED) is 0.772. The minimum atomic E-state index is -0.241. The molecule has 2 saturated carbocycles. The summed E-state index contributed by atoms with van der Waals surface area (Å²) >= 11 is 1.69. The minimum Gasteiger partial charge on any atom is -0.359 e. The van der Waals surface area contributed by atoms with Crippen LogP contribution in [-0.2, 0) is 10.2 Å². The van der Waals surface area contributed by atoms with Crippen LogP contribution in [0.1, 0.15) is 31.2 Å². The average molecular weight is 362 g/mol. The Labute approximate surface area is 155 Å². The molecule has 1 aliphatic heterocycles. The number of carbonyl (C=O) groups is 1. The van der Waals surface area contributed by atoms with Crippen molar-refractivity contribution in [3.63, 3.8) is 0 Å². The first kappa shape index (κ1) is 14.7. The van der Waals surface area contributed by atoms with Crippen molar-refractivity contribution in [2.24, 2.45) is 0 Å². The summed E-state index contributed by atoms with van der Waals surface area (Å²) in [6, 6.07) is 12.9. The smallest absolute Gasteiger partial charge is 0.239 e. The number of nitrogens with zero attached hydrogens (tertiary/aromatic N) is 3. The summed E-state index contributed by atoms with van der Waals surface area (Å²) in [5, 5.41) is 4.52. The molecule has 2 fully saturated rings. The van der Waals surface area contributed by atoms with E-state index in [4.69, 9.17) is 0 Å². The summed E-state index contributed by atoms with van der Waals surface area (Å²) in [7, 11) is 0. The van der Waals surface area contributed by atoms with Gasteiger partial charge in [-0.3, -0.25) is 9.69 Å². The van der Waals surface area contributed by atoms with Crippen LogP contribution < -0.4 is 10.2 Å². The van der Waals surface area contributed by atoms with Crippen molar-refractivity contribution in [3.8, 4) is 0 Å². The Bertz CT molecular complexity index is 1000. The summed E-state index contributed by atoms with van der Waals surface area (Å²) in [6.45, 7) is 0. The number of thiazole rings is 1. The number of aromatic nitrogens is 2. The number of hydrogen-bond donors (Lipinski definition) is 1. The predicted octanol–water partition coefficient (Wildman–Crippen LogP) is 3.71.